The van der Waals surface area contributed by atoms with Crippen molar-refractivity contribution in [3.63, 3.8) is 0 Å². The Bertz CT molecular complexity index is 967. The number of rotatable bonds is 7. The Kier molecular flexibility index (Phi) is 6.27. The SMILES string of the molecule is COc1ccccc1C(=O)N[C@@H](Cc1ccccc1)c1nnc(N2CCCCC2)o1. The molecule has 156 valence electrons. The maximum atomic E-state index is 13.0. The third kappa shape index (κ3) is 4.62. The number of anilines is 1. The summed E-state index contributed by atoms with van der Waals surface area (Å²) in [6.45, 7) is 1.83. The van der Waals surface area contributed by atoms with Crippen LogP contribution in [0.15, 0.2) is 59.0 Å². The van der Waals surface area contributed by atoms with Crippen LogP contribution in [0.25, 0.3) is 0 Å². The van der Waals surface area contributed by atoms with Crippen molar-refractivity contribution in [1.82, 2.24) is 15.5 Å². The molecule has 2 heterocycles. The number of hydrogen-bond acceptors (Lipinski definition) is 6. The summed E-state index contributed by atoms with van der Waals surface area (Å²) >= 11 is 0. The van der Waals surface area contributed by atoms with Gasteiger partial charge in [0.05, 0.1) is 12.7 Å². The van der Waals surface area contributed by atoms with Crippen LogP contribution in [0.5, 0.6) is 5.75 Å². The van der Waals surface area contributed by atoms with E-state index in [1.807, 2.05) is 42.5 Å². The zero-order valence-electron chi connectivity index (χ0n) is 17.1. The lowest BCUT2D eigenvalue weighted by Crippen LogP contribution is -2.31. The first kappa shape index (κ1) is 19.9. The molecule has 1 fully saturated rings. The highest BCUT2D eigenvalue weighted by atomic mass is 16.5. The first-order valence-electron chi connectivity index (χ1n) is 10.3. The third-order valence-corrected chi connectivity index (χ3v) is 5.29. The molecule has 2 aromatic carbocycles. The molecule has 0 saturated carbocycles. The van der Waals surface area contributed by atoms with E-state index in [4.69, 9.17) is 9.15 Å². The van der Waals surface area contributed by atoms with Crippen LogP contribution in [-0.4, -0.2) is 36.3 Å². The van der Waals surface area contributed by atoms with E-state index in [1.165, 1.54) is 6.42 Å². The summed E-state index contributed by atoms with van der Waals surface area (Å²) in [5.41, 5.74) is 1.54. The maximum absolute atomic E-state index is 13.0. The molecule has 1 amide bonds. The number of nitrogens with one attached hydrogen (secondary N) is 1. The van der Waals surface area contributed by atoms with Crippen molar-refractivity contribution in [3.05, 3.63) is 71.6 Å². The molecule has 0 aliphatic carbocycles. The van der Waals surface area contributed by atoms with Crippen LogP contribution in [0.3, 0.4) is 0 Å². The van der Waals surface area contributed by atoms with Crippen molar-refractivity contribution in [2.45, 2.75) is 31.7 Å². The van der Waals surface area contributed by atoms with Gasteiger partial charge in [-0.1, -0.05) is 47.6 Å². The predicted molar refractivity (Wildman–Crippen MR) is 114 cm³/mol. The van der Waals surface area contributed by atoms with E-state index >= 15 is 0 Å². The molecule has 1 aromatic heterocycles. The second-order valence-electron chi connectivity index (χ2n) is 7.39. The fourth-order valence-electron chi connectivity index (χ4n) is 3.70. The number of nitrogens with zero attached hydrogens (tertiary/aromatic N) is 3. The molecule has 1 aliphatic rings. The highest BCUT2D eigenvalue weighted by Gasteiger charge is 2.25. The molecule has 4 rings (SSSR count). The number of carbonyl (C=O) groups excluding carboxylic acids is 1. The number of methoxy groups -OCH3 is 1. The molecule has 1 atom stereocenters. The van der Waals surface area contributed by atoms with Gasteiger partial charge in [0.2, 0.25) is 5.89 Å². The average molecular weight is 406 g/mol. The Balaban J connectivity index is 1.58. The van der Waals surface area contributed by atoms with Crippen LogP contribution in [-0.2, 0) is 6.42 Å². The number of aromatic nitrogens is 2. The summed E-state index contributed by atoms with van der Waals surface area (Å²) in [5.74, 6) is 0.682. The molecule has 7 heteroatoms. The number of para-hydroxylation sites is 1. The number of amides is 1. The van der Waals surface area contributed by atoms with Crippen LogP contribution in [0, 0.1) is 0 Å². The fourth-order valence-corrected chi connectivity index (χ4v) is 3.70. The third-order valence-electron chi connectivity index (χ3n) is 5.29. The normalized spacial score (nSPS) is 14.9. The molecule has 3 aromatic rings. The van der Waals surface area contributed by atoms with Crippen LogP contribution < -0.4 is 15.0 Å². The number of ether oxygens (including phenoxy) is 1. The van der Waals surface area contributed by atoms with Crippen LogP contribution in [0.4, 0.5) is 6.01 Å². The van der Waals surface area contributed by atoms with Gasteiger partial charge in [-0.2, -0.15) is 0 Å². The summed E-state index contributed by atoms with van der Waals surface area (Å²) in [4.78, 5) is 15.1. The molecule has 0 spiro atoms. The van der Waals surface area contributed by atoms with Crippen molar-refractivity contribution < 1.29 is 13.9 Å². The van der Waals surface area contributed by atoms with Gasteiger partial charge in [0.1, 0.15) is 11.8 Å². The molecular weight excluding hydrogens is 380 g/mol. The van der Waals surface area contributed by atoms with Gasteiger partial charge in [-0.15, -0.1) is 5.10 Å². The van der Waals surface area contributed by atoms with E-state index in [9.17, 15) is 4.79 Å². The van der Waals surface area contributed by atoms with Crippen molar-refractivity contribution in [3.8, 4) is 5.75 Å². The Morgan fingerprint density at radius 2 is 1.80 bits per heavy atom. The standard InChI is InChI=1S/C23H26N4O3/c1-29-20-13-7-6-12-18(20)21(28)24-19(16-17-10-4-2-5-11-17)22-25-26-23(30-22)27-14-8-3-9-15-27/h2,4-7,10-13,19H,3,8-9,14-16H2,1H3,(H,24,28)/t19-/m0/s1. The molecular formula is C23H26N4O3. The molecule has 0 radical (unpaired) electrons. The lowest BCUT2D eigenvalue weighted by molar-refractivity contribution is 0.0927. The van der Waals surface area contributed by atoms with Gasteiger partial charge < -0.3 is 19.4 Å². The van der Waals surface area contributed by atoms with Gasteiger partial charge >= 0.3 is 6.01 Å². The zero-order chi connectivity index (χ0) is 20.8. The Hall–Kier alpha value is -3.35. The lowest BCUT2D eigenvalue weighted by Gasteiger charge is -2.24. The van der Waals surface area contributed by atoms with Crippen LogP contribution >= 0.6 is 0 Å². The molecule has 0 bridgehead atoms. The maximum Gasteiger partial charge on any atom is 0.318 e. The predicted octanol–water partition coefficient (Wildman–Crippen LogP) is 3.78. The highest BCUT2D eigenvalue weighted by Crippen LogP contribution is 2.25. The topological polar surface area (TPSA) is 80.5 Å². The molecule has 1 saturated heterocycles. The largest absolute Gasteiger partial charge is 0.496 e. The molecule has 7 nitrogen and oxygen atoms in total. The van der Waals surface area contributed by atoms with Crippen LogP contribution in [0.1, 0.15) is 47.1 Å². The Morgan fingerprint density at radius 3 is 2.57 bits per heavy atom. The van der Waals surface area contributed by atoms with Crippen molar-refractivity contribution in [2.75, 3.05) is 25.1 Å². The van der Waals surface area contributed by atoms with E-state index < -0.39 is 6.04 Å². The van der Waals surface area contributed by atoms with Crippen LogP contribution in [0.2, 0.25) is 0 Å². The van der Waals surface area contributed by atoms with Gasteiger partial charge in [-0.25, -0.2) is 0 Å². The van der Waals surface area contributed by atoms with Crippen molar-refractivity contribution >= 4 is 11.9 Å². The number of hydrogen-bond donors (Lipinski definition) is 1. The smallest absolute Gasteiger partial charge is 0.318 e. The minimum Gasteiger partial charge on any atom is -0.496 e. The second-order valence-corrected chi connectivity index (χ2v) is 7.39. The summed E-state index contributed by atoms with van der Waals surface area (Å²) in [7, 11) is 1.55. The minimum atomic E-state index is -0.448. The number of benzene rings is 2. The summed E-state index contributed by atoms with van der Waals surface area (Å²) in [6.07, 6.45) is 4.01. The first-order valence-corrected chi connectivity index (χ1v) is 10.3. The quantitative estimate of drug-likeness (QED) is 0.643. The Morgan fingerprint density at radius 1 is 1.07 bits per heavy atom. The van der Waals surface area contributed by atoms with Crippen molar-refractivity contribution in [2.24, 2.45) is 0 Å². The van der Waals surface area contributed by atoms with E-state index in [0.29, 0.717) is 29.6 Å². The Labute approximate surface area is 176 Å². The van der Waals surface area contributed by atoms with E-state index in [0.717, 1.165) is 31.5 Å². The van der Waals surface area contributed by atoms with Gasteiger partial charge in [0, 0.05) is 19.5 Å². The minimum absolute atomic E-state index is 0.244. The number of carbonyl (C=O) groups is 1. The molecule has 30 heavy (non-hydrogen) atoms. The second kappa shape index (κ2) is 9.43. The molecule has 1 aliphatic heterocycles. The van der Waals surface area contributed by atoms with E-state index in [2.05, 4.69) is 20.4 Å². The van der Waals surface area contributed by atoms with Gasteiger partial charge in [0.25, 0.3) is 5.91 Å². The van der Waals surface area contributed by atoms with Gasteiger partial charge in [0.15, 0.2) is 0 Å². The van der Waals surface area contributed by atoms with E-state index in [1.54, 1.807) is 19.2 Å². The van der Waals surface area contributed by atoms with E-state index in [-0.39, 0.29) is 5.91 Å². The monoisotopic (exact) mass is 406 g/mol. The summed E-state index contributed by atoms with van der Waals surface area (Å²) < 4.78 is 11.3. The van der Waals surface area contributed by atoms with Gasteiger partial charge in [-0.05, 0) is 37.0 Å². The summed E-state index contributed by atoms with van der Waals surface area (Å²) in [5, 5.41) is 11.6. The van der Waals surface area contributed by atoms with Gasteiger partial charge in [-0.3, -0.25) is 4.79 Å². The highest BCUT2D eigenvalue weighted by molar-refractivity contribution is 5.97. The lowest BCUT2D eigenvalue weighted by atomic mass is 10.1. The average Bonchev–Trinajstić information content (AvgIpc) is 3.30. The fraction of sp³-hybridized carbons (Fsp3) is 0.348. The molecule has 1 N–H and O–H groups in total. The first-order chi connectivity index (χ1) is 14.7. The zero-order valence-corrected chi connectivity index (χ0v) is 17.1. The number of piperidine rings is 1. The van der Waals surface area contributed by atoms with Crippen molar-refractivity contribution in [1.29, 1.82) is 0 Å². The summed E-state index contributed by atoms with van der Waals surface area (Å²) in [6, 6.07) is 17.2. The molecule has 0 unspecified atom stereocenters.